The van der Waals surface area contributed by atoms with Crippen molar-refractivity contribution in [3.05, 3.63) is 47.2 Å². The van der Waals surface area contributed by atoms with Gasteiger partial charge in [0.25, 0.3) is 5.78 Å². The van der Waals surface area contributed by atoms with Crippen molar-refractivity contribution in [2.75, 3.05) is 5.32 Å². The first-order chi connectivity index (χ1) is 11.5. The number of anilines is 1. The summed E-state index contributed by atoms with van der Waals surface area (Å²) in [5, 5.41) is 7.72. The third kappa shape index (κ3) is 2.20. The van der Waals surface area contributed by atoms with Gasteiger partial charge in [0.1, 0.15) is 18.0 Å². The highest BCUT2D eigenvalue weighted by molar-refractivity contribution is 5.76. The summed E-state index contributed by atoms with van der Waals surface area (Å²) >= 11 is 0. The van der Waals surface area contributed by atoms with Gasteiger partial charge in [-0.3, -0.25) is 0 Å². The van der Waals surface area contributed by atoms with E-state index in [2.05, 4.69) is 50.1 Å². The summed E-state index contributed by atoms with van der Waals surface area (Å²) in [6.45, 7) is 6.69. The number of aryl methyl sites for hydroxylation is 3. The molecule has 0 fully saturated rings. The molecule has 4 aromatic rings. The Morgan fingerprint density at radius 3 is 2.79 bits per heavy atom. The molecule has 0 saturated carbocycles. The molecule has 3 aromatic heterocycles. The van der Waals surface area contributed by atoms with Crippen molar-refractivity contribution < 1.29 is 0 Å². The Bertz CT molecular complexity index is 1060. The quantitative estimate of drug-likeness (QED) is 0.628. The van der Waals surface area contributed by atoms with Crippen molar-refractivity contribution in [2.45, 2.75) is 27.3 Å². The Labute approximate surface area is 139 Å². The Morgan fingerprint density at radius 2 is 1.96 bits per heavy atom. The van der Waals surface area contributed by atoms with Crippen LogP contribution in [0.4, 0.5) is 5.82 Å². The number of hydrogen-bond acceptors (Lipinski definition) is 5. The number of fused-ring (bicyclic) bond motifs is 2. The molecule has 7 nitrogen and oxygen atoms in total. The lowest BCUT2D eigenvalue weighted by atomic mass is 10.2. The fraction of sp³-hybridized carbons (Fsp3) is 0.294. The predicted octanol–water partition coefficient (Wildman–Crippen LogP) is 2.55. The van der Waals surface area contributed by atoms with Crippen molar-refractivity contribution in [3.63, 3.8) is 0 Å². The van der Waals surface area contributed by atoms with Crippen LogP contribution in [-0.4, -0.2) is 29.1 Å². The molecule has 0 bridgehead atoms. The first-order valence-electron chi connectivity index (χ1n) is 7.87. The van der Waals surface area contributed by atoms with Crippen LogP contribution in [0.15, 0.2) is 24.5 Å². The maximum Gasteiger partial charge on any atom is 0.254 e. The molecule has 122 valence electrons. The third-order valence-corrected chi connectivity index (χ3v) is 4.45. The minimum atomic E-state index is 0.598. The van der Waals surface area contributed by atoms with E-state index >= 15 is 0 Å². The zero-order valence-electron chi connectivity index (χ0n) is 14.2. The Hall–Kier alpha value is -2.96. The van der Waals surface area contributed by atoms with Crippen molar-refractivity contribution in [1.82, 2.24) is 29.1 Å². The van der Waals surface area contributed by atoms with Gasteiger partial charge in [-0.25, -0.2) is 9.97 Å². The lowest BCUT2D eigenvalue weighted by molar-refractivity contribution is 0.819. The lowest BCUT2D eigenvalue weighted by Crippen LogP contribution is -2.12. The van der Waals surface area contributed by atoms with Gasteiger partial charge in [0.2, 0.25) is 0 Å². The second-order valence-electron chi connectivity index (χ2n) is 6.08. The summed E-state index contributed by atoms with van der Waals surface area (Å²) in [6, 6.07) is 6.32. The summed E-state index contributed by atoms with van der Waals surface area (Å²) < 4.78 is 3.85. The standard InChI is InChI=1S/C17H19N7/c1-10-5-6-14-13(7-10)22-15(23(14)4)8-18-16-11(2)12(3)21-17-19-9-20-24(16)17/h5-7,9,18H,8H2,1-4H3. The van der Waals surface area contributed by atoms with Crippen LogP contribution in [0.5, 0.6) is 0 Å². The number of nitrogens with one attached hydrogen (secondary N) is 1. The number of imidazole rings is 1. The lowest BCUT2D eigenvalue weighted by Gasteiger charge is -2.12. The number of aromatic nitrogens is 6. The van der Waals surface area contributed by atoms with Gasteiger partial charge in [0, 0.05) is 18.3 Å². The van der Waals surface area contributed by atoms with Crippen LogP contribution in [0.25, 0.3) is 16.8 Å². The number of nitrogens with zero attached hydrogens (tertiary/aromatic N) is 6. The zero-order chi connectivity index (χ0) is 16.8. The fourth-order valence-electron chi connectivity index (χ4n) is 2.92. The Kier molecular flexibility index (Phi) is 3.23. The minimum absolute atomic E-state index is 0.598. The summed E-state index contributed by atoms with van der Waals surface area (Å²) in [7, 11) is 2.04. The maximum atomic E-state index is 4.75. The SMILES string of the molecule is Cc1ccc2c(c1)nc(CNc1c(C)c(C)nc3ncnn13)n2C. The first kappa shape index (κ1) is 14.6. The Balaban J connectivity index is 1.72. The third-order valence-electron chi connectivity index (χ3n) is 4.45. The molecule has 0 amide bonds. The van der Waals surface area contributed by atoms with Crippen molar-refractivity contribution in [1.29, 1.82) is 0 Å². The molecule has 1 aromatic carbocycles. The largest absolute Gasteiger partial charge is 0.362 e. The van der Waals surface area contributed by atoms with Gasteiger partial charge in [-0.05, 0) is 38.5 Å². The first-order valence-corrected chi connectivity index (χ1v) is 7.87. The zero-order valence-corrected chi connectivity index (χ0v) is 14.2. The van der Waals surface area contributed by atoms with E-state index in [-0.39, 0.29) is 0 Å². The van der Waals surface area contributed by atoms with Crippen LogP contribution in [-0.2, 0) is 13.6 Å². The summed E-state index contributed by atoms with van der Waals surface area (Å²) in [5.41, 5.74) is 5.36. The topological polar surface area (TPSA) is 72.9 Å². The van der Waals surface area contributed by atoms with E-state index < -0.39 is 0 Å². The van der Waals surface area contributed by atoms with E-state index in [1.54, 1.807) is 4.52 Å². The molecular weight excluding hydrogens is 302 g/mol. The molecule has 24 heavy (non-hydrogen) atoms. The van der Waals surface area contributed by atoms with E-state index in [1.165, 1.54) is 11.9 Å². The van der Waals surface area contributed by atoms with E-state index in [9.17, 15) is 0 Å². The molecule has 0 aliphatic rings. The van der Waals surface area contributed by atoms with Crippen molar-refractivity contribution in [2.24, 2.45) is 7.05 Å². The molecule has 0 saturated heterocycles. The predicted molar refractivity (Wildman–Crippen MR) is 93.0 cm³/mol. The highest BCUT2D eigenvalue weighted by Crippen LogP contribution is 2.20. The number of rotatable bonds is 3. The fourth-order valence-corrected chi connectivity index (χ4v) is 2.92. The average Bonchev–Trinajstić information content (AvgIpc) is 3.12. The van der Waals surface area contributed by atoms with Gasteiger partial charge in [-0.1, -0.05) is 6.07 Å². The van der Waals surface area contributed by atoms with Crippen LogP contribution in [0.1, 0.15) is 22.6 Å². The molecular formula is C17H19N7. The van der Waals surface area contributed by atoms with Crippen molar-refractivity contribution in [3.8, 4) is 0 Å². The van der Waals surface area contributed by atoms with E-state index in [1.807, 2.05) is 20.9 Å². The summed E-state index contributed by atoms with van der Waals surface area (Å²) in [5.74, 6) is 2.47. The Morgan fingerprint density at radius 1 is 1.12 bits per heavy atom. The van der Waals surface area contributed by atoms with E-state index in [0.29, 0.717) is 12.3 Å². The van der Waals surface area contributed by atoms with Crippen molar-refractivity contribution >= 4 is 22.6 Å². The second kappa shape index (κ2) is 5.30. The normalized spacial score (nSPS) is 11.5. The average molecular weight is 321 g/mol. The molecule has 0 radical (unpaired) electrons. The van der Waals surface area contributed by atoms with Gasteiger partial charge < -0.3 is 9.88 Å². The van der Waals surface area contributed by atoms with Gasteiger partial charge in [-0.2, -0.15) is 14.6 Å². The molecule has 4 rings (SSSR count). The second-order valence-corrected chi connectivity index (χ2v) is 6.08. The van der Waals surface area contributed by atoms with Gasteiger partial charge >= 0.3 is 0 Å². The van der Waals surface area contributed by atoms with Crippen LogP contribution >= 0.6 is 0 Å². The van der Waals surface area contributed by atoms with Crippen LogP contribution in [0.3, 0.4) is 0 Å². The van der Waals surface area contributed by atoms with E-state index in [0.717, 1.165) is 33.9 Å². The highest BCUT2D eigenvalue weighted by atomic mass is 15.4. The minimum Gasteiger partial charge on any atom is -0.362 e. The summed E-state index contributed by atoms with van der Waals surface area (Å²) in [6.07, 6.45) is 1.52. The smallest absolute Gasteiger partial charge is 0.254 e. The van der Waals surface area contributed by atoms with Crippen LogP contribution in [0, 0.1) is 20.8 Å². The monoisotopic (exact) mass is 321 g/mol. The molecule has 0 atom stereocenters. The molecule has 0 aliphatic heterocycles. The molecule has 1 N–H and O–H groups in total. The summed E-state index contributed by atoms with van der Waals surface area (Å²) in [4.78, 5) is 13.4. The van der Waals surface area contributed by atoms with Crippen LogP contribution in [0.2, 0.25) is 0 Å². The van der Waals surface area contributed by atoms with E-state index in [4.69, 9.17) is 4.98 Å². The molecule has 7 heteroatoms. The number of benzene rings is 1. The molecule has 0 aliphatic carbocycles. The molecule has 0 unspecified atom stereocenters. The molecule has 3 heterocycles. The van der Waals surface area contributed by atoms with Gasteiger partial charge in [-0.15, -0.1) is 0 Å². The van der Waals surface area contributed by atoms with Gasteiger partial charge in [0.15, 0.2) is 0 Å². The number of hydrogen-bond donors (Lipinski definition) is 1. The van der Waals surface area contributed by atoms with Gasteiger partial charge in [0.05, 0.1) is 17.6 Å². The maximum absolute atomic E-state index is 4.75. The van der Waals surface area contributed by atoms with Crippen LogP contribution < -0.4 is 5.32 Å². The molecule has 0 spiro atoms. The highest BCUT2D eigenvalue weighted by Gasteiger charge is 2.13.